The first-order valence-corrected chi connectivity index (χ1v) is 13.1. The third-order valence-corrected chi connectivity index (χ3v) is 6.52. The molecule has 3 aromatic carbocycles. The Hall–Kier alpha value is -4.17. The second-order valence-electron chi connectivity index (χ2n) is 9.57. The number of nitrogens with one attached hydrogen (secondary N) is 2. The van der Waals surface area contributed by atoms with Crippen LogP contribution in [-0.4, -0.2) is 55.6 Å². The number of rotatable bonds is 13. The minimum absolute atomic E-state index is 0.0894. The van der Waals surface area contributed by atoms with Crippen molar-refractivity contribution in [2.45, 2.75) is 38.5 Å². The van der Waals surface area contributed by atoms with Gasteiger partial charge >= 0.3 is 0 Å². The molecule has 0 heterocycles. The quantitative estimate of drug-likeness (QED) is 0.166. The standard InChI is InChI=1S/C31H37N3O5/c1-34(2)31(37)26-19-18-25(29(39-3)27(26)21-22-11-7-6-8-12-22)23-14-16-24(17-15-23)30(36)32-20-10-5-4-9-13-28(35)33-38/h6-8,11-12,14-19,38H,4-5,9-10,13,20-21H2,1-3H3,(H,32,36)(H,33,35). The number of methoxy groups -OCH3 is 1. The summed E-state index contributed by atoms with van der Waals surface area (Å²) in [4.78, 5) is 38.2. The third-order valence-electron chi connectivity index (χ3n) is 6.52. The summed E-state index contributed by atoms with van der Waals surface area (Å²) in [6, 6.07) is 21.0. The highest BCUT2D eigenvalue weighted by Gasteiger charge is 2.21. The average Bonchev–Trinajstić information content (AvgIpc) is 2.96. The van der Waals surface area contributed by atoms with Gasteiger partial charge in [-0.2, -0.15) is 0 Å². The number of carbonyl (C=O) groups is 3. The normalized spacial score (nSPS) is 10.6. The van der Waals surface area contributed by atoms with Crippen LogP contribution in [-0.2, 0) is 11.2 Å². The summed E-state index contributed by atoms with van der Waals surface area (Å²) in [5, 5.41) is 11.4. The van der Waals surface area contributed by atoms with Gasteiger partial charge in [-0.25, -0.2) is 5.48 Å². The van der Waals surface area contributed by atoms with E-state index in [-0.39, 0.29) is 17.7 Å². The number of amides is 3. The minimum Gasteiger partial charge on any atom is -0.496 e. The Balaban J connectivity index is 1.73. The predicted molar refractivity (Wildman–Crippen MR) is 151 cm³/mol. The maximum absolute atomic E-state index is 13.0. The van der Waals surface area contributed by atoms with Crippen LogP contribution in [0.25, 0.3) is 11.1 Å². The number of hydrogen-bond donors (Lipinski definition) is 3. The lowest BCUT2D eigenvalue weighted by atomic mass is 9.92. The molecule has 0 aliphatic rings. The highest BCUT2D eigenvalue weighted by molar-refractivity contribution is 5.98. The molecule has 3 rings (SSSR count). The van der Waals surface area contributed by atoms with E-state index in [1.54, 1.807) is 43.7 Å². The molecule has 206 valence electrons. The molecule has 0 aliphatic heterocycles. The van der Waals surface area contributed by atoms with E-state index in [1.165, 1.54) is 0 Å². The van der Waals surface area contributed by atoms with Gasteiger partial charge in [-0.15, -0.1) is 0 Å². The van der Waals surface area contributed by atoms with E-state index in [0.29, 0.717) is 42.7 Å². The molecular weight excluding hydrogens is 494 g/mol. The molecule has 8 nitrogen and oxygen atoms in total. The number of ether oxygens (including phenoxy) is 1. The van der Waals surface area contributed by atoms with Crippen LogP contribution in [0, 0.1) is 0 Å². The molecule has 0 aromatic heterocycles. The van der Waals surface area contributed by atoms with Gasteiger partial charge < -0.3 is 15.0 Å². The summed E-state index contributed by atoms with van der Waals surface area (Å²) in [6.45, 7) is 0.546. The van der Waals surface area contributed by atoms with Crippen molar-refractivity contribution >= 4 is 17.7 Å². The largest absolute Gasteiger partial charge is 0.496 e. The summed E-state index contributed by atoms with van der Waals surface area (Å²) in [5.41, 5.74) is 6.40. The first kappa shape index (κ1) is 29.4. The third kappa shape index (κ3) is 8.15. The van der Waals surface area contributed by atoms with Gasteiger partial charge in [0, 0.05) is 55.7 Å². The molecular formula is C31H37N3O5. The summed E-state index contributed by atoms with van der Waals surface area (Å²) >= 11 is 0. The summed E-state index contributed by atoms with van der Waals surface area (Å²) < 4.78 is 5.88. The van der Waals surface area contributed by atoms with Crippen LogP contribution < -0.4 is 15.5 Å². The van der Waals surface area contributed by atoms with Gasteiger partial charge in [0.2, 0.25) is 5.91 Å². The Kier molecular flexibility index (Phi) is 11.1. The summed E-state index contributed by atoms with van der Waals surface area (Å²) in [7, 11) is 5.08. The van der Waals surface area contributed by atoms with Crippen LogP contribution in [0.15, 0.2) is 66.7 Å². The topological polar surface area (TPSA) is 108 Å². The lowest BCUT2D eigenvalue weighted by Crippen LogP contribution is -2.24. The van der Waals surface area contributed by atoms with Gasteiger partial charge in [-0.3, -0.25) is 19.6 Å². The van der Waals surface area contributed by atoms with Crippen molar-refractivity contribution in [2.24, 2.45) is 0 Å². The first-order valence-electron chi connectivity index (χ1n) is 13.1. The van der Waals surface area contributed by atoms with Crippen molar-refractivity contribution in [2.75, 3.05) is 27.7 Å². The fourth-order valence-electron chi connectivity index (χ4n) is 4.43. The lowest BCUT2D eigenvalue weighted by molar-refractivity contribution is -0.129. The molecule has 0 spiro atoms. The van der Waals surface area contributed by atoms with E-state index in [2.05, 4.69) is 5.32 Å². The Morgan fingerprint density at radius 3 is 2.21 bits per heavy atom. The summed E-state index contributed by atoms with van der Waals surface area (Å²) in [5.74, 6) is 0.0216. The fourth-order valence-corrected chi connectivity index (χ4v) is 4.43. The van der Waals surface area contributed by atoms with Crippen molar-refractivity contribution in [3.8, 4) is 16.9 Å². The molecule has 0 saturated carbocycles. The van der Waals surface area contributed by atoms with Gasteiger partial charge in [0.25, 0.3) is 11.8 Å². The van der Waals surface area contributed by atoms with Crippen LogP contribution in [0.4, 0.5) is 0 Å². The second kappa shape index (κ2) is 14.7. The molecule has 0 atom stereocenters. The SMILES string of the molecule is COc1c(-c2ccc(C(=O)NCCCCCCC(=O)NO)cc2)ccc(C(=O)N(C)C)c1Cc1ccccc1. The molecule has 39 heavy (non-hydrogen) atoms. The molecule has 0 radical (unpaired) electrons. The van der Waals surface area contributed by atoms with Gasteiger partial charge in [0.15, 0.2) is 0 Å². The monoisotopic (exact) mass is 531 g/mol. The zero-order valence-corrected chi connectivity index (χ0v) is 22.8. The van der Waals surface area contributed by atoms with Crippen molar-refractivity contribution in [3.05, 3.63) is 89.0 Å². The van der Waals surface area contributed by atoms with Crippen LogP contribution in [0.1, 0.15) is 63.9 Å². The zero-order chi connectivity index (χ0) is 28.2. The Morgan fingerprint density at radius 1 is 0.872 bits per heavy atom. The highest BCUT2D eigenvalue weighted by atomic mass is 16.5. The van der Waals surface area contributed by atoms with E-state index in [9.17, 15) is 14.4 Å². The molecule has 0 aliphatic carbocycles. The van der Waals surface area contributed by atoms with Crippen molar-refractivity contribution < 1.29 is 24.3 Å². The van der Waals surface area contributed by atoms with Crippen LogP contribution >= 0.6 is 0 Å². The van der Waals surface area contributed by atoms with Crippen molar-refractivity contribution in [1.29, 1.82) is 0 Å². The zero-order valence-electron chi connectivity index (χ0n) is 22.8. The summed E-state index contributed by atoms with van der Waals surface area (Å²) in [6.07, 6.45) is 4.08. The van der Waals surface area contributed by atoms with Crippen LogP contribution in [0.5, 0.6) is 5.75 Å². The minimum atomic E-state index is -0.380. The smallest absolute Gasteiger partial charge is 0.253 e. The Bertz CT molecular complexity index is 1260. The van der Waals surface area contributed by atoms with Gasteiger partial charge in [0.1, 0.15) is 5.75 Å². The Morgan fingerprint density at radius 2 is 1.56 bits per heavy atom. The number of carbonyl (C=O) groups excluding carboxylic acids is 3. The van der Waals surface area contributed by atoms with Gasteiger partial charge in [0.05, 0.1) is 7.11 Å². The van der Waals surface area contributed by atoms with Gasteiger partial charge in [-0.05, 0) is 48.2 Å². The second-order valence-corrected chi connectivity index (χ2v) is 9.57. The van der Waals surface area contributed by atoms with Crippen molar-refractivity contribution in [1.82, 2.24) is 15.7 Å². The lowest BCUT2D eigenvalue weighted by Gasteiger charge is -2.20. The molecule has 0 saturated heterocycles. The molecule has 3 aromatic rings. The molecule has 0 bridgehead atoms. The molecule has 0 fully saturated rings. The molecule has 3 N–H and O–H groups in total. The van der Waals surface area contributed by atoms with Crippen molar-refractivity contribution in [3.63, 3.8) is 0 Å². The van der Waals surface area contributed by atoms with E-state index in [4.69, 9.17) is 9.94 Å². The fraction of sp³-hybridized carbons (Fsp3) is 0.323. The molecule has 3 amide bonds. The van der Waals surface area contributed by atoms with Gasteiger partial charge in [-0.1, -0.05) is 55.3 Å². The molecule has 0 unspecified atom stereocenters. The van der Waals surface area contributed by atoms with Crippen LogP contribution in [0.3, 0.4) is 0 Å². The number of benzene rings is 3. The number of nitrogens with zero attached hydrogens (tertiary/aromatic N) is 1. The van der Waals surface area contributed by atoms with Crippen LogP contribution in [0.2, 0.25) is 0 Å². The van der Waals surface area contributed by atoms with E-state index in [1.807, 2.05) is 54.6 Å². The first-order chi connectivity index (χ1) is 18.8. The highest BCUT2D eigenvalue weighted by Crippen LogP contribution is 2.37. The maximum atomic E-state index is 13.0. The van der Waals surface area contributed by atoms with E-state index in [0.717, 1.165) is 41.5 Å². The van der Waals surface area contributed by atoms with E-state index < -0.39 is 0 Å². The average molecular weight is 532 g/mol. The maximum Gasteiger partial charge on any atom is 0.253 e. The van der Waals surface area contributed by atoms with E-state index >= 15 is 0 Å². The number of hydroxylamine groups is 1. The Labute approximate surface area is 229 Å². The number of unbranched alkanes of at least 4 members (excludes halogenated alkanes) is 3. The predicted octanol–water partition coefficient (Wildman–Crippen LogP) is 4.84. The molecule has 8 heteroatoms. The number of hydrogen-bond acceptors (Lipinski definition) is 5.